The van der Waals surface area contributed by atoms with Crippen molar-refractivity contribution < 1.29 is 9.32 Å². The van der Waals surface area contributed by atoms with E-state index in [0.29, 0.717) is 18.1 Å². The van der Waals surface area contributed by atoms with Crippen molar-refractivity contribution in [1.82, 2.24) is 20.8 Å². The van der Waals surface area contributed by atoms with Gasteiger partial charge in [-0.05, 0) is 26.9 Å². The van der Waals surface area contributed by atoms with Crippen molar-refractivity contribution in [3.63, 3.8) is 0 Å². The summed E-state index contributed by atoms with van der Waals surface area (Å²) in [6, 6.07) is -0.259. The van der Waals surface area contributed by atoms with Crippen LogP contribution in [0, 0.1) is 0 Å². The summed E-state index contributed by atoms with van der Waals surface area (Å²) in [6.07, 6.45) is 1.30. The highest BCUT2D eigenvalue weighted by Gasteiger charge is 2.23. The third-order valence-electron chi connectivity index (χ3n) is 2.69. The van der Waals surface area contributed by atoms with E-state index in [2.05, 4.69) is 20.8 Å². The molecule has 1 amide bonds. The molecule has 116 valence electrons. The molecular weight excluding hydrogens is 280 g/mol. The highest BCUT2D eigenvalue weighted by atomic mass is 35.5. The molecule has 1 aromatic rings. The van der Waals surface area contributed by atoms with Gasteiger partial charge in [0.05, 0.1) is 0 Å². The number of nitrogens with one attached hydrogen (secondary N) is 2. The maximum absolute atomic E-state index is 11.7. The lowest BCUT2D eigenvalue weighted by Crippen LogP contribution is -2.27. The third-order valence-corrected chi connectivity index (χ3v) is 2.69. The Hall–Kier alpha value is -1.14. The van der Waals surface area contributed by atoms with Gasteiger partial charge in [-0.25, -0.2) is 0 Å². The van der Waals surface area contributed by atoms with E-state index in [0.717, 1.165) is 13.0 Å². The number of amides is 1. The molecule has 0 saturated carbocycles. The zero-order valence-electron chi connectivity index (χ0n) is 12.8. The second-order valence-corrected chi connectivity index (χ2v) is 5.70. The van der Waals surface area contributed by atoms with Crippen molar-refractivity contribution in [3.8, 4) is 0 Å². The molecular formula is C13H25ClN4O2. The van der Waals surface area contributed by atoms with Crippen LogP contribution in [-0.4, -0.2) is 29.6 Å². The molecule has 7 heteroatoms. The number of halogens is 1. The molecule has 0 aliphatic rings. The van der Waals surface area contributed by atoms with E-state index in [1.54, 1.807) is 0 Å². The summed E-state index contributed by atoms with van der Waals surface area (Å²) in [5.41, 5.74) is -0.154. The Bertz CT molecular complexity index is 415. The van der Waals surface area contributed by atoms with Crippen LogP contribution in [0.15, 0.2) is 4.52 Å². The van der Waals surface area contributed by atoms with Crippen LogP contribution < -0.4 is 10.6 Å². The lowest BCUT2D eigenvalue weighted by atomic mass is 9.96. The lowest BCUT2D eigenvalue weighted by Gasteiger charge is -2.12. The lowest BCUT2D eigenvalue weighted by molar-refractivity contribution is -0.122. The zero-order valence-corrected chi connectivity index (χ0v) is 13.6. The number of nitrogens with zero attached hydrogens (tertiary/aromatic N) is 2. The van der Waals surface area contributed by atoms with E-state index in [1.165, 1.54) is 0 Å². The van der Waals surface area contributed by atoms with Gasteiger partial charge in [-0.3, -0.25) is 4.79 Å². The van der Waals surface area contributed by atoms with Gasteiger partial charge in [0.2, 0.25) is 11.8 Å². The van der Waals surface area contributed by atoms with Crippen LogP contribution in [0.2, 0.25) is 0 Å². The molecule has 2 N–H and O–H groups in total. The van der Waals surface area contributed by atoms with Gasteiger partial charge in [0.15, 0.2) is 5.82 Å². The second kappa shape index (κ2) is 8.21. The number of rotatable bonds is 6. The topological polar surface area (TPSA) is 80.0 Å². The smallest absolute Gasteiger partial charge is 0.248 e. The van der Waals surface area contributed by atoms with Crippen LogP contribution >= 0.6 is 12.4 Å². The Balaban J connectivity index is 0.00000361. The van der Waals surface area contributed by atoms with Crippen molar-refractivity contribution in [2.24, 2.45) is 0 Å². The fraction of sp³-hybridized carbons (Fsp3) is 0.769. The van der Waals surface area contributed by atoms with Crippen LogP contribution in [0.3, 0.4) is 0 Å². The summed E-state index contributed by atoms with van der Waals surface area (Å²) in [5, 5.41) is 9.81. The first kappa shape index (κ1) is 18.9. The molecule has 0 aliphatic carbocycles. The summed E-state index contributed by atoms with van der Waals surface area (Å²) in [7, 11) is 1.87. The average Bonchev–Trinajstić information content (AvgIpc) is 2.78. The highest BCUT2D eigenvalue weighted by Crippen LogP contribution is 2.20. The van der Waals surface area contributed by atoms with Gasteiger partial charge >= 0.3 is 0 Å². The van der Waals surface area contributed by atoms with E-state index in [-0.39, 0.29) is 29.8 Å². The van der Waals surface area contributed by atoms with Crippen molar-refractivity contribution >= 4 is 18.3 Å². The van der Waals surface area contributed by atoms with Gasteiger partial charge in [-0.15, -0.1) is 12.4 Å². The average molecular weight is 305 g/mol. The first-order valence-electron chi connectivity index (χ1n) is 6.62. The Morgan fingerprint density at radius 1 is 1.40 bits per heavy atom. The quantitative estimate of drug-likeness (QED) is 0.785. The molecule has 0 radical (unpaired) electrons. The van der Waals surface area contributed by atoms with E-state index in [4.69, 9.17) is 4.52 Å². The van der Waals surface area contributed by atoms with Crippen LogP contribution in [0.5, 0.6) is 0 Å². The molecule has 0 bridgehead atoms. The Kier molecular flexibility index (Phi) is 7.75. The number of hydrogen-bond donors (Lipinski definition) is 2. The van der Waals surface area contributed by atoms with E-state index in [9.17, 15) is 4.79 Å². The van der Waals surface area contributed by atoms with Gasteiger partial charge < -0.3 is 15.2 Å². The SMILES string of the molecule is CNCCCC(=O)NC(C)c1nc(C(C)(C)C)no1.Cl. The van der Waals surface area contributed by atoms with Gasteiger partial charge in [0.25, 0.3) is 0 Å². The van der Waals surface area contributed by atoms with E-state index < -0.39 is 0 Å². The number of carbonyl (C=O) groups is 1. The van der Waals surface area contributed by atoms with Crippen molar-refractivity contribution in [2.75, 3.05) is 13.6 Å². The van der Waals surface area contributed by atoms with E-state index >= 15 is 0 Å². The summed E-state index contributed by atoms with van der Waals surface area (Å²) >= 11 is 0. The number of aromatic nitrogens is 2. The minimum Gasteiger partial charge on any atom is -0.345 e. The molecule has 6 nitrogen and oxygen atoms in total. The molecule has 1 unspecified atom stereocenters. The fourth-order valence-electron chi connectivity index (χ4n) is 1.52. The summed E-state index contributed by atoms with van der Waals surface area (Å²) in [5.74, 6) is 1.10. The van der Waals surface area contributed by atoms with Crippen LogP contribution in [0.4, 0.5) is 0 Å². The Morgan fingerprint density at radius 2 is 2.05 bits per heavy atom. The largest absolute Gasteiger partial charge is 0.345 e. The Morgan fingerprint density at radius 3 is 2.55 bits per heavy atom. The van der Waals surface area contributed by atoms with Gasteiger partial charge in [-0.1, -0.05) is 25.9 Å². The minimum absolute atomic E-state index is 0. The molecule has 0 spiro atoms. The van der Waals surface area contributed by atoms with Crippen molar-refractivity contribution in [3.05, 3.63) is 11.7 Å². The molecule has 0 aromatic carbocycles. The number of carbonyl (C=O) groups excluding carboxylic acids is 1. The Labute approximate surface area is 126 Å². The predicted molar refractivity (Wildman–Crippen MR) is 80.0 cm³/mol. The highest BCUT2D eigenvalue weighted by molar-refractivity contribution is 5.85. The minimum atomic E-state index is -0.259. The maximum atomic E-state index is 11.7. The molecule has 1 aromatic heterocycles. The van der Waals surface area contributed by atoms with Crippen LogP contribution in [-0.2, 0) is 10.2 Å². The molecule has 20 heavy (non-hydrogen) atoms. The second-order valence-electron chi connectivity index (χ2n) is 5.70. The van der Waals surface area contributed by atoms with Gasteiger partial charge in [-0.2, -0.15) is 4.98 Å². The third kappa shape index (κ3) is 5.88. The van der Waals surface area contributed by atoms with Crippen molar-refractivity contribution in [2.45, 2.75) is 52.0 Å². The first-order chi connectivity index (χ1) is 8.84. The molecule has 1 atom stereocenters. The van der Waals surface area contributed by atoms with Crippen LogP contribution in [0.1, 0.15) is 58.3 Å². The van der Waals surface area contributed by atoms with Crippen molar-refractivity contribution in [1.29, 1.82) is 0 Å². The normalized spacial score (nSPS) is 12.7. The predicted octanol–water partition coefficient (Wildman–Crippen LogP) is 1.97. The maximum Gasteiger partial charge on any atom is 0.248 e. The molecule has 1 rings (SSSR count). The standard InChI is InChI=1S/C13H24N4O2.ClH/c1-9(15-10(18)7-6-8-14-5)11-16-12(17-19-11)13(2,3)4;/h9,14H,6-8H2,1-5H3,(H,15,18);1H. The fourth-order valence-corrected chi connectivity index (χ4v) is 1.52. The summed E-state index contributed by atoms with van der Waals surface area (Å²) in [6.45, 7) is 8.72. The molecule has 0 saturated heterocycles. The van der Waals surface area contributed by atoms with Crippen LogP contribution in [0.25, 0.3) is 0 Å². The monoisotopic (exact) mass is 304 g/mol. The molecule has 1 heterocycles. The summed E-state index contributed by atoms with van der Waals surface area (Å²) in [4.78, 5) is 16.0. The van der Waals surface area contributed by atoms with Gasteiger partial charge in [0, 0.05) is 11.8 Å². The summed E-state index contributed by atoms with van der Waals surface area (Å²) < 4.78 is 5.19. The molecule has 0 fully saturated rings. The first-order valence-corrected chi connectivity index (χ1v) is 6.62. The number of hydrogen-bond acceptors (Lipinski definition) is 5. The zero-order chi connectivity index (χ0) is 14.5. The molecule has 0 aliphatic heterocycles. The van der Waals surface area contributed by atoms with E-state index in [1.807, 2.05) is 34.7 Å². The van der Waals surface area contributed by atoms with Gasteiger partial charge in [0.1, 0.15) is 6.04 Å².